The van der Waals surface area contributed by atoms with Crippen LogP contribution in [0.2, 0.25) is 10.0 Å². The summed E-state index contributed by atoms with van der Waals surface area (Å²) >= 11 is 13.2. The van der Waals surface area contributed by atoms with E-state index in [1.165, 1.54) is 24.3 Å². The van der Waals surface area contributed by atoms with Crippen LogP contribution < -0.4 is 15.5 Å². The molecule has 1 aliphatic heterocycles. The molecule has 0 bridgehead atoms. The number of nitrogens with zero attached hydrogens (tertiary/aromatic N) is 2. The van der Waals surface area contributed by atoms with E-state index in [4.69, 9.17) is 28.3 Å². The molecule has 2 aromatic heterocycles. The fourth-order valence-electron chi connectivity index (χ4n) is 4.66. The number of aromatic carboxylic acids is 2. The third-order valence-electron chi connectivity index (χ3n) is 6.67. The van der Waals surface area contributed by atoms with Crippen LogP contribution in [-0.4, -0.2) is 63.1 Å². The minimum Gasteiger partial charge on any atom is -0.478 e. The van der Waals surface area contributed by atoms with Gasteiger partial charge in [-0.05, 0) is 31.2 Å². The number of carbonyl (C=O) groups excluding carboxylic acids is 2. The van der Waals surface area contributed by atoms with Crippen molar-refractivity contribution < 1.29 is 29.4 Å². The molecule has 11 nitrogen and oxygen atoms in total. The van der Waals surface area contributed by atoms with Crippen molar-refractivity contribution in [1.29, 1.82) is 0 Å². The van der Waals surface area contributed by atoms with Crippen LogP contribution >= 0.6 is 34.5 Å². The maximum atomic E-state index is 12.6. The van der Waals surface area contributed by atoms with Gasteiger partial charge in [-0.3, -0.25) is 9.59 Å². The van der Waals surface area contributed by atoms with Crippen molar-refractivity contribution >= 4 is 69.1 Å². The van der Waals surface area contributed by atoms with Crippen molar-refractivity contribution in [3.8, 4) is 0 Å². The molecule has 3 heterocycles. The van der Waals surface area contributed by atoms with Gasteiger partial charge in [0.05, 0.1) is 27.7 Å². The summed E-state index contributed by atoms with van der Waals surface area (Å²) in [5.41, 5.74) is 1.46. The molecule has 0 spiro atoms. The first kappa shape index (κ1) is 26.0. The van der Waals surface area contributed by atoms with Gasteiger partial charge in [-0.1, -0.05) is 34.5 Å². The van der Waals surface area contributed by atoms with Gasteiger partial charge in [0.15, 0.2) is 5.13 Å². The number of thiazole rings is 1. The Kier molecular flexibility index (Phi) is 6.80. The van der Waals surface area contributed by atoms with Crippen molar-refractivity contribution in [2.45, 2.75) is 19.4 Å². The van der Waals surface area contributed by atoms with E-state index >= 15 is 0 Å². The number of fused-ring (bicyclic) bond motifs is 1. The summed E-state index contributed by atoms with van der Waals surface area (Å²) in [6, 6.07) is 5.60. The molecule has 5 rings (SSSR count). The van der Waals surface area contributed by atoms with Crippen molar-refractivity contribution in [3.05, 3.63) is 61.8 Å². The Morgan fingerprint density at radius 2 is 1.74 bits per heavy atom. The quantitative estimate of drug-likeness (QED) is 0.271. The summed E-state index contributed by atoms with van der Waals surface area (Å²) in [4.78, 5) is 57.3. The van der Waals surface area contributed by atoms with Gasteiger partial charge >= 0.3 is 11.9 Å². The zero-order chi connectivity index (χ0) is 27.3. The minimum atomic E-state index is -1.17. The second-order valence-corrected chi connectivity index (χ2v) is 10.9. The number of H-pyrrole nitrogens is 1. The molecule has 1 aliphatic carbocycles. The zero-order valence-electron chi connectivity index (χ0n) is 19.7. The summed E-state index contributed by atoms with van der Waals surface area (Å²) in [6.45, 7) is 2.90. The number of carbonyl (C=O) groups is 4. The molecule has 2 aliphatic rings. The summed E-state index contributed by atoms with van der Waals surface area (Å²) in [7, 11) is 0. The molecule has 0 radical (unpaired) electrons. The molecule has 14 heteroatoms. The van der Waals surface area contributed by atoms with Crippen LogP contribution in [0.25, 0.3) is 0 Å². The van der Waals surface area contributed by atoms with Crippen LogP contribution in [0.1, 0.15) is 41.9 Å². The maximum Gasteiger partial charge on any atom is 0.347 e. The van der Waals surface area contributed by atoms with Crippen molar-refractivity contribution in [3.63, 3.8) is 0 Å². The van der Waals surface area contributed by atoms with Crippen LogP contribution in [0.3, 0.4) is 0 Å². The van der Waals surface area contributed by atoms with Gasteiger partial charge in [0.2, 0.25) is 5.91 Å². The van der Waals surface area contributed by atoms with E-state index in [0.29, 0.717) is 34.6 Å². The van der Waals surface area contributed by atoms with Crippen molar-refractivity contribution in [2.75, 3.05) is 23.3 Å². The molecule has 1 saturated carbocycles. The fourth-order valence-corrected chi connectivity index (χ4v) is 6.02. The lowest BCUT2D eigenvalue weighted by molar-refractivity contribution is -0.115. The average Bonchev–Trinajstić information content (AvgIpc) is 3.21. The Hall–Kier alpha value is -3.61. The van der Waals surface area contributed by atoms with Crippen LogP contribution in [0.5, 0.6) is 0 Å². The number of benzene rings is 1. The maximum absolute atomic E-state index is 12.6. The lowest BCUT2D eigenvalue weighted by Crippen LogP contribution is -2.34. The van der Waals surface area contributed by atoms with Crippen LogP contribution in [-0.2, 0) is 11.2 Å². The van der Waals surface area contributed by atoms with E-state index in [-0.39, 0.29) is 57.1 Å². The van der Waals surface area contributed by atoms with Gasteiger partial charge in [-0.25, -0.2) is 14.6 Å². The summed E-state index contributed by atoms with van der Waals surface area (Å²) in [6.07, 6.45) is -0.253. The number of rotatable bonds is 8. The number of halogens is 2. The second-order valence-electron chi connectivity index (χ2n) is 9.17. The normalized spacial score (nSPS) is 19.7. The second kappa shape index (κ2) is 9.93. The Morgan fingerprint density at radius 1 is 1.08 bits per heavy atom. The van der Waals surface area contributed by atoms with E-state index in [1.807, 2.05) is 4.90 Å². The molecule has 38 heavy (non-hydrogen) atoms. The summed E-state index contributed by atoms with van der Waals surface area (Å²) in [5, 5.41) is 25.3. The Balaban J connectivity index is 1.20. The molecular formula is C24H21Cl2N5O6S. The Labute approximate surface area is 229 Å². The van der Waals surface area contributed by atoms with Crippen molar-refractivity contribution in [2.24, 2.45) is 11.8 Å². The first-order valence-corrected chi connectivity index (χ1v) is 13.1. The van der Waals surface area contributed by atoms with E-state index in [9.17, 15) is 24.3 Å². The van der Waals surface area contributed by atoms with E-state index in [0.717, 1.165) is 11.3 Å². The molecule has 5 N–H and O–H groups in total. The van der Waals surface area contributed by atoms with E-state index in [1.54, 1.807) is 6.92 Å². The summed E-state index contributed by atoms with van der Waals surface area (Å²) < 4.78 is 0. The molecular weight excluding hydrogens is 557 g/mol. The number of nitrogens with one attached hydrogen (secondary N) is 3. The van der Waals surface area contributed by atoms with Crippen molar-refractivity contribution in [1.82, 2.24) is 15.3 Å². The lowest BCUT2D eigenvalue weighted by Gasteiger charge is -2.19. The van der Waals surface area contributed by atoms with E-state index in [2.05, 4.69) is 20.6 Å². The number of anilines is 2. The highest BCUT2D eigenvalue weighted by Gasteiger charge is 2.57. The number of aryl methyl sites for hydroxylation is 1. The highest BCUT2D eigenvalue weighted by atomic mass is 35.5. The third kappa shape index (κ3) is 4.94. The van der Waals surface area contributed by atoms with Gasteiger partial charge in [0.25, 0.3) is 5.91 Å². The molecule has 3 aromatic rings. The van der Waals surface area contributed by atoms with E-state index < -0.39 is 17.8 Å². The monoisotopic (exact) mass is 577 g/mol. The molecule has 1 saturated heterocycles. The van der Waals surface area contributed by atoms with Gasteiger partial charge < -0.3 is 30.7 Å². The summed E-state index contributed by atoms with van der Waals surface area (Å²) in [5.74, 6) is -2.69. The molecule has 1 aromatic carbocycles. The Bertz CT molecular complexity index is 1460. The lowest BCUT2D eigenvalue weighted by atomic mass is 10.2. The van der Waals surface area contributed by atoms with Gasteiger partial charge in [0.1, 0.15) is 10.6 Å². The third-order valence-corrected chi connectivity index (χ3v) is 8.76. The number of piperidine rings is 1. The molecule has 2 fully saturated rings. The highest BCUT2D eigenvalue weighted by molar-refractivity contribution is 7.17. The number of aromatic nitrogens is 2. The van der Waals surface area contributed by atoms with Crippen LogP contribution in [0, 0.1) is 18.8 Å². The molecule has 2 amide bonds. The smallest absolute Gasteiger partial charge is 0.347 e. The average molecular weight is 578 g/mol. The fraction of sp³-hybridized carbons (Fsp3) is 0.292. The first-order valence-electron chi connectivity index (χ1n) is 11.5. The zero-order valence-corrected chi connectivity index (χ0v) is 22.1. The SMILES string of the molecule is Cc1[nH]c(C(=O)NC2[C@H]3CN(c4nc(CC(=O)Nc5ccc(C(=O)O)cc5)c(C(=O)O)s4)C[C@@H]23)c(Cl)c1Cl. The predicted molar refractivity (Wildman–Crippen MR) is 141 cm³/mol. The largest absolute Gasteiger partial charge is 0.478 e. The van der Waals surface area contributed by atoms with Crippen LogP contribution in [0.15, 0.2) is 24.3 Å². The highest BCUT2D eigenvalue weighted by Crippen LogP contribution is 2.48. The standard InChI is InChI=1S/C24H21Cl2N5O6S/c1-9-16(25)17(26)19(27-9)21(33)30-18-12-7-31(8-13(12)18)24-29-14(20(38-24)23(36)37)6-15(32)28-11-4-2-10(3-5-11)22(34)35/h2-5,12-13,18,27H,6-8H2,1H3,(H,28,32)(H,30,33)(H,34,35)(H,36,37)/t12-,13+,18?. The molecule has 1 unspecified atom stereocenters. The number of hydrogen-bond donors (Lipinski definition) is 5. The topological polar surface area (TPSA) is 165 Å². The number of aromatic amines is 1. The predicted octanol–water partition coefficient (Wildman–Crippen LogP) is 3.53. The molecule has 3 atom stereocenters. The van der Waals surface area contributed by atoms with Gasteiger partial charge in [0, 0.05) is 42.3 Å². The number of carboxylic acids is 2. The number of carboxylic acid groups (broad SMARTS) is 2. The van der Waals surface area contributed by atoms with Gasteiger partial charge in [-0.15, -0.1) is 0 Å². The molecule has 198 valence electrons. The van der Waals surface area contributed by atoms with Gasteiger partial charge in [-0.2, -0.15) is 0 Å². The number of hydrogen-bond acceptors (Lipinski definition) is 7. The van der Waals surface area contributed by atoms with Crippen LogP contribution in [0.4, 0.5) is 10.8 Å². The first-order chi connectivity index (χ1) is 18.0. The Morgan fingerprint density at radius 3 is 2.29 bits per heavy atom. The minimum absolute atomic E-state index is 0.0181. The number of amides is 2.